The average molecular weight is 472 g/mol. The summed E-state index contributed by atoms with van der Waals surface area (Å²) in [5.74, 6) is -0.298. The molecular weight excluding hydrogens is 449 g/mol. The molecule has 0 atom stereocenters. The highest BCUT2D eigenvalue weighted by molar-refractivity contribution is 5.94. The van der Waals surface area contributed by atoms with Gasteiger partial charge in [0.05, 0.1) is 11.9 Å². The first-order valence-corrected chi connectivity index (χ1v) is 10.8. The van der Waals surface area contributed by atoms with Crippen LogP contribution in [0.3, 0.4) is 0 Å². The molecule has 7 nitrogen and oxygen atoms in total. The lowest BCUT2D eigenvalue weighted by molar-refractivity contribution is -0.137. The molecule has 178 valence electrons. The lowest BCUT2D eigenvalue weighted by Gasteiger charge is -2.32. The number of ether oxygens (including phenoxy) is 1. The molecule has 2 aromatic carbocycles. The Morgan fingerprint density at radius 3 is 2.47 bits per heavy atom. The number of nitrogens with zero attached hydrogens (tertiary/aromatic N) is 3. The van der Waals surface area contributed by atoms with Crippen molar-refractivity contribution < 1.29 is 27.5 Å². The van der Waals surface area contributed by atoms with Crippen LogP contribution in [0, 0.1) is 0 Å². The van der Waals surface area contributed by atoms with Gasteiger partial charge in [-0.3, -0.25) is 9.59 Å². The Morgan fingerprint density at radius 2 is 1.82 bits per heavy atom. The zero-order chi connectivity index (χ0) is 24.1. The number of likely N-dealkylation sites (tertiary alicyclic amines) is 1. The summed E-state index contributed by atoms with van der Waals surface area (Å²) in [7, 11) is 0. The number of hydrogen-bond acceptors (Lipinski definition) is 4. The van der Waals surface area contributed by atoms with Crippen molar-refractivity contribution in [1.82, 2.24) is 14.5 Å². The maximum atomic E-state index is 12.8. The average Bonchev–Trinajstić information content (AvgIpc) is 3.37. The molecule has 1 fully saturated rings. The van der Waals surface area contributed by atoms with E-state index in [9.17, 15) is 22.8 Å². The Bertz CT molecular complexity index is 1120. The Hall–Kier alpha value is -3.82. The van der Waals surface area contributed by atoms with E-state index in [2.05, 4.69) is 14.9 Å². The van der Waals surface area contributed by atoms with E-state index >= 15 is 0 Å². The number of piperidine rings is 1. The van der Waals surface area contributed by atoms with Gasteiger partial charge in [0.2, 0.25) is 0 Å². The van der Waals surface area contributed by atoms with Crippen LogP contribution in [0.1, 0.15) is 34.8 Å². The van der Waals surface area contributed by atoms with E-state index in [4.69, 9.17) is 4.74 Å². The van der Waals surface area contributed by atoms with Crippen molar-refractivity contribution in [3.05, 3.63) is 78.4 Å². The smallest absolute Gasteiger partial charge is 0.416 e. The number of anilines is 1. The number of imidazole rings is 1. The maximum Gasteiger partial charge on any atom is 0.416 e. The van der Waals surface area contributed by atoms with Gasteiger partial charge in [0.1, 0.15) is 5.75 Å². The summed E-state index contributed by atoms with van der Waals surface area (Å²) in [5, 5.41) is 2.38. The fraction of sp³-hybridized carbons (Fsp3) is 0.292. The van der Waals surface area contributed by atoms with Gasteiger partial charge in [-0.1, -0.05) is 6.07 Å². The maximum absolute atomic E-state index is 12.8. The predicted octanol–water partition coefficient (Wildman–Crippen LogP) is 4.40. The van der Waals surface area contributed by atoms with Crippen molar-refractivity contribution in [3.63, 3.8) is 0 Å². The molecule has 1 aliphatic heterocycles. The highest BCUT2D eigenvalue weighted by atomic mass is 19.4. The van der Waals surface area contributed by atoms with Crippen molar-refractivity contribution in [1.29, 1.82) is 0 Å². The number of rotatable bonds is 6. The Morgan fingerprint density at radius 1 is 1.09 bits per heavy atom. The standard InChI is InChI=1S/C24H23F3N4O3/c25-24(26,27)18-2-1-3-19(14-18)29-22(32)15-34-21-6-4-17(5-7-21)23(33)30-11-8-20(9-12-30)31-13-10-28-16-31/h1-7,10,13-14,16,20H,8-9,11-12,15H2,(H,29,32). The first kappa shape index (κ1) is 23.3. The zero-order valence-electron chi connectivity index (χ0n) is 18.2. The topological polar surface area (TPSA) is 76.5 Å². The molecule has 1 N–H and O–H groups in total. The fourth-order valence-electron chi connectivity index (χ4n) is 3.85. The number of carbonyl (C=O) groups excluding carboxylic acids is 2. The van der Waals surface area contributed by atoms with Crippen LogP contribution in [0.2, 0.25) is 0 Å². The molecule has 1 aliphatic rings. The largest absolute Gasteiger partial charge is 0.484 e. The zero-order valence-corrected chi connectivity index (χ0v) is 18.2. The van der Waals surface area contributed by atoms with Crippen molar-refractivity contribution in [2.75, 3.05) is 25.0 Å². The summed E-state index contributed by atoms with van der Waals surface area (Å²) >= 11 is 0. The van der Waals surface area contributed by atoms with E-state index in [1.54, 1.807) is 36.8 Å². The second-order valence-corrected chi connectivity index (χ2v) is 7.97. The second-order valence-electron chi connectivity index (χ2n) is 7.97. The number of benzene rings is 2. The minimum atomic E-state index is -4.49. The molecule has 1 aromatic heterocycles. The van der Waals surface area contributed by atoms with Gasteiger partial charge < -0.3 is 19.5 Å². The normalized spacial score (nSPS) is 14.6. The molecule has 0 aliphatic carbocycles. The van der Waals surface area contributed by atoms with Gasteiger partial charge in [-0.15, -0.1) is 0 Å². The lowest BCUT2D eigenvalue weighted by Crippen LogP contribution is -2.38. The number of halogens is 3. The van der Waals surface area contributed by atoms with Crippen LogP contribution in [0.15, 0.2) is 67.3 Å². The van der Waals surface area contributed by atoms with Crippen molar-refractivity contribution in [2.45, 2.75) is 25.1 Å². The summed E-state index contributed by atoms with van der Waals surface area (Å²) in [6.45, 7) is 0.913. The first-order valence-electron chi connectivity index (χ1n) is 10.8. The minimum absolute atomic E-state index is 0.0289. The van der Waals surface area contributed by atoms with Crippen LogP contribution >= 0.6 is 0 Å². The van der Waals surface area contributed by atoms with E-state index in [1.807, 2.05) is 11.1 Å². The number of alkyl halides is 3. The molecule has 2 heterocycles. The molecule has 0 unspecified atom stereocenters. The molecule has 10 heteroatoms. The number of hydrogen-bond donors (Lipinski definition) is 1. The highest BCUT2D eigenvalue weighted by Gasteiger charge is 2.30. The van der Waals surface area contributed by atoms with Gasteiger partial charge in [-0.05, 0) is 55.3 Å². The summed E-state index contributed by atoms with van der Waals surface area (Å²) in [6.07, 6.45) is 2.68. The summed E-state index contributed by atoms with van der Waals surface area (Å²) in [4.78, 5) is 30.7. The first-order chi connectivity index (χ1) is 16.3. The van der Waals surface area contributed by atoms with Crippen LogP contribution in [-0.4, -0.2) is 46.0 Å². The van der Waals surface area contributed by atoms with E-state index in [-0.39, 0.29) is 18.2 Å². The van der Waals surface area contributed by atoms with Gasteiger partial charge in [0.25, 0.3) is 11.8 Å². The summed E-state index contributed by atoms with van der Waals surface area (Å²) in [6, 6.07) is 11.1. The monoisotopic (exact) mass is 472 g/mol. The molecule has 0 spiro atoms. The molecule has 4 rings (SSSR count). The van der Waals surface area contributed by atoms with Gasteiger partial charge in [0, 0.05) is 42.8 Å². The number of carbonyl (C=O) groups is 2. The third-order valence-electron chi connectivity index (χ3n) is 5.64. The van der Waals surface area contributed by atoms with E-state index in [0.29, 0.717) is 30.4 Å². The van der Waals surface area contributed by atoms with E-state index in [1.165, 1.54) is 12.1 Å². The van der Waals surface area contributed by atoms with Gasteiger partial charge in [-0.25, -0.2) is 4.98 Å². The quantitative estimate of drug-likeness (QED) is 0.577. The third-order valence-corrected chi connectivity index (χ3v) is 5.64. The fourth-order valence-corrected chi connectivity index (χ4v) is 3.85. The Labute approximate surface area is 194 Å². The van der Waals surface area contributed by atoms with Crippen molar-refractivity contribution >= 4 is 17.5 Å². The number of aromatic nitrogens is 2. The van der Waals surface area contributed by atoms with Gasteiger partial charge in [-0.2, -0.15) is 13.2 Å². The predicted molar refractivity (Wildman–Crippen MR) is 118 cm³/mol. The lowest BCUT2D eigenvalue weighted by atomic mass is 10.0. The second kappa shape index (κ2) is 9.98. The van der Waals surface area contributed by atoms with E-state index < -0.39 is 17.6 Å². The van der Waals surface area contributed by atoms with E-state index in [0.717, 1.165) is 25.0 Å². The molecule has 0 radical (unpaired) electrons. The molecule has 2 amide bonds. The van der Waals surface area contributed by atoms with Gasteiger partial charge in [0.15, 0.2) is 6.61 Å². The molecule has 34 heavy (non-hydrogen) atoms. The van der Waals surface area contributed by atoms with Crippen LogP contribution in [0.25, 0.3) is 0 Å². The number of nitrogens with one attached hydrogen (secondary N) is 1. The molecule has 1 saturated heterocycles. The molecule has 0 bridgehead atoms. The summed E-state index contributed by atoms with van der Waals surface area (Å²) in [5.41, 5.74) is -0.305. The van der Waals surface area contributed by atoms with Crippen molar-refractivity contribution in [2.24, 2.45) is 0 Å². The van der Waals surface area contributed by atoms with Crippen LogP contribution < -0.4 is 10.1 Å². The number of amides is 2. The van der Waals surface area contributed by atoms with Crippen LogP contribution in [0.4, 0.5) is 18.9 Å². The van der Waals surface area contributed by atoms with Crippen LogP contribution in [0.5, 0.6) is 5.75 Å². The van der Waals surface area contributed by atoms with Crippen LogP contribution in [-0.2, 0) is 11.0 Å². The SMILES string of the molecule is O=C(COc1ccc(C(=O)N2CCC(n3ccnc3)CC2)cc1)Nc1cccc(C(F)(F)F)c1. The highest BCUT2D eigenvalue weighted by Crippen LogP contribution is 2.30. The molecule has 3 aromatic rings. The Balaban J connectivity index is 1.26. The molecular formula is C24H23F3N4O3. The minimum Gasteiger partial charge on any atom is -0.484 e. The Kier molecular flexibility index (Phi) is 6.85. The summed E-state index contributed by atoms with van der Waals surface area (Å²) < 4.78 is 45.8. The van der Waals surface area contributed by atoms with Gasteiger partial charge >= 0.3 is 6.18 Å². The molecule has 0 saturated carbocycles. The van der Waals surface area contributed by atoms with Crippen molar-refractivity contribution in [3.8, 4) is 5.75 Å². The third kappa shape index (κ3) is 5.75.